The van der Waals surface area contributed by atoms with E-state index in [-0.39, 0.29) is 6.10 Å². The summed E-state index contributed by atoms with van der Waals surface area (Å²) in [6.07, 6.45) is 1.65. The number of thiophene rings is 1. The molecule has 1 aliphatic heterocycles. The molecule has 1 aromatic rings. The van der Waals surface area contributed by atoms with Crippen LogP contribution in [0.3, 0.4) is 0 Å². The number of rotatable bonds is 3. The smallest absolute Gasteiger partial charge is 0.160 e. The number of carbonyl (C=O) groups excluding carboxylic acids is 1. The van der Waals surface area contributed by atoms with E-state index in [1.807, 2.05) is 11.4 Å². The lowest BCUT2D eigenvalue weighted by molar-refractivity contribution is 0.112. The van der Waals surface area contributed by atoms with Crippen molar-refractivity contribution in [2.75, 3.05) is 18.0 Å². The Labute approximate surface area is 93.3 Å². The highest BCUT2D eigenvalue weighted by Crippen LogP contribution is 2.29. The summed E-state index contributed by atoms with van der Waals surface area (Å²) >= 11 is 1.46. The molecule has 0 spiro atoms. The number of aliphatic hydroxyl groups excluding tert-OH is 1. The van der Waals surface area contributed by atoms with Gasteiger partial charge in [0.25, 0.3) is 0 Å². The number of aldehydes is 1. The Balaban J connectivity index is 2.09. The monoisotopic (exact) mass is 225 g/mol. The molecule has 2 atom stereocenters. The van der Waals surface area contributed by atoms with Crippen molar-refractivity contribution >= 4 is 23.3 Å². The zero-order valence-electron chi connectivity index (χ0n) is 8.72. The standard InChI is InChI=1S/C11H15NO2S/c1-2-8-4-12(5-11(8)14)9-3-10(6-13)15-7-9/h3,6-8,11,14H,2,4-5H2,1H3. The van der Waals surface area contributed by atoms with Gasteiger partial charge < -0.3 is 10.0 Å². The van der Waals surface area contributed by atoms with Gasteiger partial charge >= 0.3 is 0 Å². The van der Waals surface area contributed by atoms with E-state index in [0.29, 0.717) is 12.5 Å². The number of β-amino-alcohol motifs (C(OH)–C–C–N with tert-alkyl or cyclic N) is 1. The Morgan fingerprint density at radius 1 is 1.67 bits per heavy atom. The van der Waals surface area contributed by atoms with Crippen LogP contribution in [0.5, 0.6) is 0 Å². The van der Waals surface area contributed by atoms with Crippen LogP contribution in [0.1, 0.15) is 23.0 Å². The predicted octanol–water partition coefficient (Wildman–Crippen LogP) is 1.77. The van der Waals surface area contributed by atoms with Crippen molar-refractivity contribution in [2.24, 2.45) is 5.92 Å². The van der Waals surface area contributed by atoms with Gasteiger partial charge in [-0.1, -0.05) is 6.92 Å². The van der Waals surface area contributed by atoms with Gasteiger partial charge in [0.05, 0.1) is 11.0 Å². The molecule has 1 fully saturated rings. The molecule has 1 N–H and O–H groups in total. The summed E-state index contributed by atoms with van der Waals surface area (Å²) in [6, 6.07) is 1.89. The van der Waals surface area contributed by atoms with Crippen LogP contribution in [0.25, 0.3) is 0 Å². The highest BCUT2D eigenvalue weighted by molar-refractivity contribution is 7.12. The zero-order valence-corrected chi connectivity index (χ0v) is 9.54. The summed E-state index contributed by atoms with van der Waals surface area (Å²) in [5.74, 6) is 0.365. The second-order valence-electron chi connectivity index (χ2n) is 3.97. The Hall–Kier alpha value is -0.870. The van der Waals surface area contributed by atoms with E-state index in [0.717, 1.165) is 29.8 Å². The molecule has 1 saturated heterocycles. The highest BCUT2D eigenvalue weighted by atomic mass is 32.1. The fraction of sp³-hybridized carbons (Fsp3) is 0.545. The average Bonchev–Trinajstić information content (AvgIpc) is 2.83. The summed E-state index contributed by atoms with van der Waals surface area (Å²) in [5.41, 5.74) is 1.07. The average molecular weight is 225 g/mol. The van der Waals surface area contributed by atoms with E-state index in [9.17, 15) is 9.90 Å². The van der Waals surface area contributed by atoms with Crippen molar-refractivity contribution < 1.29 is 9.90 Å². The Morgan fingerprint density at radius 2 is 2.47 bits per heavy atom. The maximum absolute atomic E-state index is 10.6. The van der Waals surface area contributed by atoms with Gasteiger partial charge in [-0.2, -0.15) is 0 Å². The zero-order chi connectivity index (χ0) is 10.8. The molecule has 1 aliphatic rings. The lowest BCUT2D eigenvalue weighted by Crippen LogP contribution is -2.20. The molecule has 0 aromatic carbocycles. The molecular formula is C11H15NO2S. The summed E-state index contributed by atoms with van der Waals surface area (Å²) in [7, 11) is 0. The first-order valence-corrected chi connectivity index (χ1v) is 6.09. The molecule has 4 heteroatoms. The van der Waals surface area contributed by atoms with Crippen molar-refractivity contribution in [1.82, 2.24) is 0 Å². The maximum atomic E-state index is 10.6. The molecule has 3 nitrogen and oxygen atoms in total. The molecule has 1 aromatic heterocycles. The number of hydrogen-bond acceptors (Lipinski definition) is 4. The number of hydrogen-bond donors (Lipinski definition) is 1. The third-order valence-electron chi connectivity index (χ3n) is 3.02. The van der Waals surface area contributed by atoms with Gasteiger partial charge in [-0.25, -0.2) is 0 Å². The van der Waals surface area contributed by atoms with Crippen molar-refractivity contribution in [2.45, 2.75) is 19.4 Å². The van der Waals surface area contributed by atoms with Crippen molar-refractivity contribution in [3.8, 4) is 0 Å². The first-order chi connectivity index (χ1) is 7.24. The fourth-order valence-corrected chi connectivity index (χ4v) is 2.75. The van der Waals surface area contributed by atoms with Gasteiger partial charge in [-0.3, -0.25) is 4.79 Å². The molecule has 0 saturated carbocycles. The van der Waals surface area contributed by atoms with Crippen LogP contribution in [0.15, 0.2) is 11.4 Å². The third-order valence-corrected chi connectivity index (χ3v) is 3.86. The lowest BCUT2D eigenvalue weighted by atomic mass is 10.0. The maximum Gasteiger partial charge on any atom is 0.160 e. The molecule has 0 bridgehead atoms. The molecule has 0 radical (unpaired) electrons. The van der Waals surface area contributed by atoms with Crippen LogP contribution >= 0.6 is 11.3 Å². The summed E-state index contributed by atoms with van der Waals surface area (Å²) in [5, 5.41) is 11.8. The molecule has 2 unspecified atom stereocenters. The summed E-state index contributed by atoms with van der Waals surface area (Å²) in [4.78, 5) is 13.5. The van der Waals surface area contributed by atoms with Crippen LogP contribution in [0.4, 0.5) is 5.69 Å². The van der Waals surface area contributed by atoms with Gasteiger partial charge in [0.2, 0.25) is 0 Å². The van der Waals surface area contributed by atoms with Gasteiger partial charge in [-0.05, 0) is 12.5 Å². The largest absolute Gasteiger partial charge is 0.391 e. The highest BCUT2D eigenvalue weighted by Gasteiger charge is 2.30. The molecule has 2 heterocycles. The van der Waals surface area contributed by atoms with E-state index >= 15 is 0 Å². The van der Waals surface area contributed by atoms with Crippen molar-refractivity contribution in [3.63, 3.8) is 0 Å². The van der Waals surface area contributed by atoms with Gasteiger partial charge in [0, 0.05) is 30.1 Å². The van der Waals surface area contributed by atoms with E-state index in [1.54, 1.807) is 0 Å². The van der Waals surface area contributed by atoms with Crippen LogP contribution in [0, 0.1) is 5.92 Å². The minimum atomic E-state index is -0.227. The van der Waals surface area contributed by atoms with Gasteiger partial charge in [-0.15, -0.1) is 11.3 Å². The second-order valence-corrected chi connectivity index (χ2v) is 4.91. The minimum Gasteiger partial charge on any atom is -0.391 e. The number of anilines is 1. The molecule has 82 valence electrons. The summed E-state index contributed by atoms with van der Waals surface area (Å²) in [6.45, 7) is 3.68. The quantitative estimate of drug-likeness (QED) is 0.797. The molecule has 0 aliphatic carbocycles. The lowest BCUT2D eigenvalue weighted by Gasteiger charge is -2.15. The minimum absolute atomic E-state index is 0.227. The Morgan fingerprint density at radius 3 is 3.00 bits per heavy atom. The van der Waals surface area contributed by atoms with E-state index in [4.69, 9.17) is 0 Å². The van der Waals surface area contributed by atoms with E-state index in [1.165, 1.54) is 11.3 Å². The Kier molecular flexibility index (Phi) is 3.07. The topological polar surface area (TPSA) is 40.5 Å². The summed E-state index contributed by atoms with van der Waals surface area (Å²) < 4.78 is 0. The van der Waals surface area contributed by atoms with Gasteiger partial charge in [0.1, 0.15) is 0 Å². The number of nitrogens with zero attached hydrogens (tertiary/aromatic N) is 1. The van der Waals surface area contributed by atoms with Crippen molar-refractivity contribution in [3.05, 3.63) is 16.3 Å². The molecule has 0 amide bonds. The number of aliphatic hydroxyl groups is 1. The van der Waals surface area contributed by atoms with Crippen LogP contribution in [0.2, 0.25) is 0 Å². The molecule has 15 heavy (non-hydrogen) atoms. The van der Waals surface area contributed by atoms with Crippen LogP contribution < -0.4 is 4.90 Å². The Bertz CT molecular complexity index is 350. The van der Waals surface area contributed by atoms with E-state index in [2.05, 4.69) is 11.8 Å². The number of carbonyl (C=O) groups is 1. The second kappa shape index (κ2) is 4.33. The third kappa shape index (κ3) is 2.06. The van der Waals surface area contributed by atoms with Crippen molar-refractivity contribution in [1.29, 1.82) is 0 Å². The van der Waals surface area contributed by atoms with Crippen LogP contribution in [-0.4, -0.2) is 30.6 Å². The van der Waals surface area contributed by atoms with Crippen LogP contribution in [-0.2, 0) is 0 Å². The molecular weight excluding hydrogens is 210 g/mol. The molecule has 2 rings (SSSR count). The normalized spacial score (nSPS) is 25.9. The van der Waals surface area contributed by atoms with Gasteiger partial charge in [0.15, 0.2) is 6.29 Å². The first kappa shape index (κ1) is 10.6. The van der Waals surface area contributed by atoms with E-state index < -0.39 is 0 Å². The SMILES string of the molecule is CCC1CN(c2csc(C=O)c2)CC1O. The fourth-order valence-electron chi connectivity index (χ4n) is 2.04. The predicted molar refractivity (Wildman–Crippen MR) is 61.7 cm³/mol. The first-order valence-electron chi connectivity index (χ1n) is 5.21.